The molecule has 5 nitrogen and oxygen atoms in total. The van der Waals surface area contributed by atoms with E-state index in [0.29, 0.717) is 5.69 Å². The summed E-state index contributed by atoms with van der Waals surface area (Å²) in [6, 6.07) is 5.79. The molecule has 0 N–H and O–H groups in total. The Morgan fingerprint density at radius 2 is 2.21 bits per heavy atom. The Bertz CT molecular complexity index is 727. The van der Waals surface area contributed by atoms with Crippen LogP contribution in [0, 0.1) is 6.92 Å². The van der Waals surface area contributed by atoms with E-state index in [4.69, 9.17) is 4.74 Å². The fourth-order valence-corrected chi connectivity index (χ4v) is 2.69. The van der Waals surface area contributed by atoms with E-state index in [1.54, 1.807) is 0 Å². The Labute approximate surface area is 113 Å². The highest BCUT2D eigenvalue weighted by molar-refractivity contribution is 7.15. The van der Waals surface area contributed by atoms with Crippen molar-refractivity contribution in [3.8, 4) is 10.7 Å². The number of carbonyl (C=O) groups excluding carboxylic acids is 1. The molecule has 6 heteroatoms. The van der Waals surface area contributed by atoms with Gasteiger partial charge in [-0.2, -0.15) is 0 Å². The standard InChI is InChI=1S/C13H11N3O2S/c1-8-11(13(17)18-2)15-12(19-8)9-7-16-6-4-3-5-10(16)14-9/h3-7H,1-2H3. The Kier molecular flexibility index (Phi) is 2.79. The maximum Gasteiger partial charge on any atom is 0.357 e. The molecule has 0 saturated heterocycles. The van der Waals surface area contributed by atoms with E-state index in [9.17, 15) is 4.79 Å². The topological polar surface area (TPSA) is 56.5 Å². The maximum absolute atomic E-state index is 11.5. The van der Waals surface area contributed by atoms with Crippen molar-refractivity contribution in [1.29, 1.82) is 0 Å². The highest BCUT2D eigenvalue weighted by Gasteiger charge is 2.18. The molecule has 0 aliphatic heterocycles. The Hall–Kier alpha value is -2.21. The molecular formula is C13H11N3O2S. The molecule has 0 spiro atoms. The number of methoxy groups -OCH3 is 1. The Morgan fingerprint density at radius 3 is 2.95 bits per heavy atom. The normalized spacial score (nSPS) is 10.8. The summed E-state index contributed by atoms with van der Waals surface area (Å²) < 4.78 is 6.63. The van der Waals surface area contributed by atoms with Crippen LogP contribution in [0.1, 0.15) is 15.4 Å². The van der Waals surface area contributed by atoms with Crippen molar-refractivity contribution in [1.82, 2.24) is 14.4 Å². The quantitative estimate of drug-likeness (QED) is 0.673. The second kappa shape index (κ2) is 4.47. The van der Waals surface area contributed by atoms with E-state index in [1.165, 1.54) is 18.4 Å². The minimum atomic E-state index is -0.413. The van der Waals surface area contributed by atoms with Gasteiger partial charge in [0.1, 0.15) is 16.3 Å². The third kappa shape index (κ3) is 2.00. The predicted octanol–water partition coefficient (Wildman–Crippen LogP) is 2.55. The van der Waals surface area contributed by atoms with Crippen molar-refractivity contribution < 1.29 is 9.53 Å². The minimum absolute atomic E-state index is 0.361. The minimum Gasteiger partial charge on any atom is -0.464 e. The lowest BCUT2D eigenvalue weighted by atomic mass is 10.4. The van der Waals surface area contributed by atoms with E-state index >= 15 is 0 Å². The summed E-state index contributed by atoms with van der Waals surface area (Å²) in [5.41, 5.74) is 1.97. The van der Waals surface area contributed by atoms with Gasteiger partial charge in [0.25, 0.3) is 0 Å². The molecule has 0 saturated carbocycles. The zero-order valence-electron chi connectivity index (χ0n) is 10.5. The largest absolute Gasteiger partial charge is 0.464 e. The fraction of sp³-hybridized carbons (Fsp3) is 0.154. The fourth-order valence-electron chi connectivity index (χ4n) is 1.83. The molecule has 0 unspecified atom stereocenters. The van der Waals surface area contributed by atoms with Crippen LogP contribution < -0.4 is 0 Å². The molecule has 96 valence electrons. The summed E-state index contributed by atoms with van der Waals surface area (Å²) >= 11 is 1.44. The van der Waals surface area contributed by atoms with Gasteiger partial charge in [0.05, 0.1) is 7.11 Å². The highest BCUT2D eigenvalue weighted by atomic mass is 32.1. The second-order valence-corrected chi connectivity index (χ2v) is 5.21. The van der Waals surface area contributed by atoms with Gasteiger partial charge in [0.15, 0.2) is 5.69 Å². The van der Waals surface area contributed by atoms with Crippen molar-refractivity contribution >= 4 is 23.0 Å². The average Bonchev–Trinajstić information content (AvgIpc) is 3.00. The van der Waals surface area contributed by atoms with Gasteiger partial charge in [-0.25, -0.2) is 14.8 Å². The number of rotatable bonds is 2. The number of carbonyl (C=O) groups is 1. The first-order chi connectivity index (χ1) is 9.19. The summed E-state index contributed by atoms with van der Waals surface area (Å²) in [6.45, 7) is 1.85. The summed E-state index contributed by atoms with van der Waals surface area (Å²) in [4.78, 5) is 21.2. The number of imidazole rings is 1. The number of fused-ring (bicyclic) bond motifs is 1. The number of aryl methyl sites for hydroxylation is 1. The number of nitrogens with zero attached hydrogens (tertiary/aromatic N) is 3. The zero-order valence-corrected chi connectivity index (χ0v) is 11.3. The van der Waals surface area contributed by atoms with Crippen molar-refractivity contribution in [2.24, 2.45) is 0 Å². The summed E-state index contributed by atoms with van der Waals surface area (Å²) in [7, 11) is 1.35. The van der Waals surface area contributed by atoms with Gasteiger partial charge in [0.2, 0.25) is 0 Å². The molecule has 3 aromatic rings. The monoisotopic (exact) mass is 273 g/mol. The third-order valence-electron chi connectivity index (χ3n) is 2.76. The summed E-state index contributed by atoms with van der Waals surface area (Å²) in [6.07, 6.45) is 3.82. The zero-order chi connectivity index (χ0) is 13.4. The molecule has 0 aromatic carbocycles. The number of thiazole rings is 1. The lowest BCUT2D eigenvalue weighted by Gasteiger charge is -1.93. The molecule has 3 rings (SSSR count). The second-order valence-electron chi connectivity index (χ2n) is 4.01. The van der Waals surface area contributed by atoms with Gasteiger partial charge in [-0.1, -0.05) is 6.07 Å². The molecule has 0 fully saturated rings. The van der Waals surface area contributed by atoms with E-state index in [1.807, 2.05) is 41.9 Å². The molecule has 0 radical (unpaired) electrons. The molecule has 19 heavy (non-hydrogen) atoms. The van der Waals surface area contributed by atoms with Gasteiger partial charge in [-0.05, 0) is 19.1 Å². The summed E-state index contributed by atoms with van der Waals surface area (Å²) in [5.74, 6) is -0.413. The van der Waals surface area contributed by atoms with E-state index in [0.717, 1.165) is 21.2 Å². The highest BCUT2D eigenvalue weighted by Crippen LogP contribution is 2.27. The Morgan fingerprint density at radius 1 is 1.37 bits per heavy atom. The van der Waals surface area contributed by atoms with Crippen LogP contribution in [-0.2, 0) is 4.74 Å². The SMILES string of the molecule is COC(=O)c1nc(-c2cn3ccccc3n2)sc1C. The number of hydrogen-bond acceptors (Lipinski definition) is 5. The van der Waals surface area contributed by atoms with Crippen LogP contribution in [0.3, 0.4) is 0 Å². The lowest BCUT2D eigenvalue weighted by Crippen LogP contribution is -2.03. The van der Waals surface area contributed by atoms with Gasteiger partial charge in [0, 0.05) is 17.3 Å². The first-order valence-corrected chi connectivity index (χ1v) is 6.50. The van der Waals surface area contributed by atoms with Crippen molar-refractivity contribution in [2.75, 3.05) is 7.11 Å². The smallest absolute Gasteiger partial charge is 0.357 e. The lowest BCUT2D eigenvalue weighted by molar-refractivity contribution is 0.0594. The van der Waals surface area contributed by atoms with Crippen LogP contribution in [0.25, 0.3) is 16.3 Å². The molecule has 0 amide bonds. The number of aromatic nitrogens is 3. The van der Waals surface area contributed by atoms with Crippen LogP contribution in [0.4, 0.5) is 0 Å². The molecule has 0 bridgehead atoms. The van der Waals surface area contributed by atoms with Crippen molar-refractivity contribution in [3.63, 3.8) is 0 Å². The van der Waals surface area contributed by atoms with Gasteiger partial charge >= 0.3 is 5.97 Å². The van der Waals surface area contributed by atoms with Gasteiger partial charge < -0.3 is 9.14 Å². The first kappa shape index (κ1) is 11.9. The van der Waals surface area contributed by atoms with E-state index in [-0.39, 0.29) is 0 Å². The molecule has 0 aliphatic rings. The predicted molar refractivity (Wildman–Crippen MR) is 72.4 cm³/mol. The first-order valence-electron chi connectivity index (χ1n) is 5.69. The van der Waals surface area contributed by atoms with E-state index in [2.05, 4.69) is 9.97 Å². The van der Waals surface area contributed by atoms with Crippen LogP contribution in [0.5, 0.6) is 0 Å². The van der Waals surface area contributed by atoms with Crippen molar-refractivity contribution in [3.05, 3.63) is 41.2 Å². The Balaban J connectivity index is 2.09. The molecule has 0 atom stereocenters. The van der Waals surface area contributed by atoms with Crippen LogP contribution in [0.15, 0.2) is 30.6 Å². The number of ether oxygens (including phenoxy) is 1. The van der Waals surface area contributed by atoms with Crippen LogP contribution in [0.2, 0.25) is 0 Å². The molecular weight excluding hydrogens is 262 g/mol. The molecule has 0 aliphatic carbocycles. The molecule has 3 aromatic heterocycles. The maximum atomic E-state index is 11.5. The number of hydrogen-bond donors (Lipinski definition) is 0. The number of esters is 1. The van der Waals surface area contributed by atoms with Crippen LogP contribution in [-0.4, -0.2) is 27.4 Å². The number of pyridine rings is 1. The summed E-state index contributed by atoms with van der Waals surface area (Å²) in [5, 5.41) is 0.724. The van der Waals surface area contributed by atoms with Crippen molar-refractivity contribution in [2.45, 2.75) is 6.92 Å². The third-order valence-corrected chi connectivity index (χ3v) is 3.75. The van der Waals surface area contributed by atoms with E-state index < -0.39 is 5.97 Å². The average molecular weight is 273 g/mol. The molecule has 3 heterocycles. The van der Waals surface area contributed by atoms with Crippen LogP contribution >= 0.6 is 11.3 Å². The van der Waals surface area contributed by atoms with Gasteiger partial charge in [-0.15, -0.1) is 11.3 Å². The van der Waals surface area contributed by atoms with Gasteiger partial charge in [-0.3, -0.25) is 0 Å².